The van der Waals surface area contributed by atoms with Crippen LogP contribution in [0, 0.1) is 5.82 Å². The van der Waals surface area contributed by atoms with Crippen LogP contribution in [-0.2, 0) is 12.7 Å². The fraction of sp³-hybridized carbons (Fsp3) is 0.222. The zero-order valence-electron chi connectivity index (χ0n) is 15.0. The lowest BCUT2D eigenvalue weighted by atomic mass is 10.0. The van der Waals surface area contributed by atoms with Crippen molar-refractivity contribution in [1.82, 2.24) is 29.6 Å². The average molecular weight is 420 g/mol. The van der Waals surface area contributed by atoms with Gasteiger partial charge in [0.2, 0.25) is 5.89 Å². The van der Waals surface area contributed by atoms with Crippen molar-refractivity contribution in [3.63, 3.8) is 0 Å². The van der Waals surface area contributed by atoms with Gasteiger partial charge >= 0.3 is 6.30 Å². The summed E-state index contributed by atoms with van der Waals surface area (Å²) < 4.78 is 59.1. The van der Waals surface area contributed by atoms with Crippen LogP contribution < -0.4 is 0 Å². The van der Waals surface area contributed by atoms with Crippen LogP contribution in [0.3, 0.4) is 0 Å². The third kappa shape index (κ3) is 2.75. The highest BCUT2D eigenvalue weighted by atomic mass is 19.4. The first-order valence-electron chi connectivity index (χ1n) is 8.84. The van der Waals surface area contributed by atoms with Gasteiger partial charge in [0.25, 0.3) is 5.91 Å². The third-order valence-electron chi connectivity index (χ3n) is 4.91. The van der Waals surface area contributed by atoms with Gasteiger partial charge in [0, 0.05) is 18.7 Å². The molecule has 0 bridgehead atoms. The minimum atomic E-state index is -4.86. The number of benzene rings is 1. The van der Waals surface area contributed by atoms with Gasteiger partial charge in [-0.15, -0.1) is 13.2 Å². The minimum Gasteiger partial charge on any atom is -0.435 e. The molecule has 0 saturated carbocycles. The molecule has 1 aliphatic rings. The van der Waals surface area contributed by atoms with E-state index in [1.165, 1.54) is 29.4 Å². The number of imidazole rings is 1. The molecule has 8 nitrogen and oxygen atoms in total. The molecule has 0 radical (unpaired) electrons. The van der Waals surface area contributed by atoms with Gasteiger partial charge < -0.3 is 14.3 Å². The van der Waals surface area contributed by atoms with E-state index in [1.54, 1.807) is 0 Å². The van der Waals surface area contributed by atoms with Gasteiger partial charge in [-0.3, -0.25) is 4.79 Å². The lowest BCUT2D eigenvalue weighted by Crippen LogP contribution is -2.42. The van der Waals surface area contributed by atoms with Crippen LogP contribution in [0.15, 0.2) is 41.2 Å². The van der Waals surface area contributed by atoms with Crippen molar-refractivity contribution in [2.75, 3.05) is 6.54 Å². The lowest BCUT2D eigenvalue weighted by Gasteiger charge is -2.33. The number of hydrogen-bond acceptors (Lipinski definition) is 5. The van der Waals surface area contributed by atoms with E-state index in [1.807, 2.05) is 0 Å². The number of alkyl halides is 3. The zero-order chi connectivity index (χ0) is 21.0. The molecule has 30 heavy (non-hydrogen) atoms. The molecule has 0 spiro atoms. The third-order valence-corrected chi connectivity index (χ3v) is 4.91. The Morgan fingerprint density at radius 1 is 1.27 bits per heavy atom. The molecule has 1 amide bonds. The first-order valence-corrected chi connectivity index (χ1v) is 8.84. The molecule has 4 aromatic rings. The fourth-order valence-electron chi connectivity index (χ4n) is 3.61. The maximum Gasteiger partial charge on any atom is 0.505 e. The SMILES string of the molecule is O=C(c1ccnn1C(F)(F)F)N1CCc2[nH]cnc2[C@H]1c1nc2cccc(F)c2o1. The topological polar surface area (TPSA) is 92.8 Å². The van der Waals surface area contributed by atoms with E-state index in [4.69, 9.17) is 4.42 Å². The number of carbonyl (C=O) groups excluding carboxylic acids is 1. The van der Waals surface area contributed by atoms with E-state index in [2.05, 4.69) is 20.1 Å². The Hall–Kier alpha value is -3.70. The summed E-state index contributed by atoms with van der Waals surface area (Å²) in [5.74, 6) is -1.61. The van der Waals surface area contributed by atoms with E-state index >= 15 is 0 Å². The average Bonchev–Trinajstić information content (AvgIpc) is 3.44. The molecule has 0 fully saturated rings. The number of fused-ring (bicyclic) bond motifs is 2. The second-order valence-electron chi connectivity index (χ2n) is 6.65. The number of rotatable bonds is 2. The second-order valence-corrected chi connectivity index (χ2v) is 6.65. The second kappa shape index (κ2) is 6.40. The molecule has 1 aliphatic heterocycles. The van der Waals surface area contributed by atoms with Gasteiger partial charge in [-0.1, -0.05) is 6.07 Å². The first kappa shape index (κ1) is 18.3. The van der Waals surface area contributed by atoms with Crippen LogP contribution in [0.4, 0.5) is 17.6 Å². The molecule has 154 valence electrons. The van der Waals surface area contributed by atoms with E-state index < -0.39 is 29.8 Å². The van der Waals surface area contributed by atoms with Crippen molar-refractivity contribution in [1.29, 1.82) is 0 Å². The quantitative estimate of drug-likeness (QED) is 0.503. The van der Waals surface area contributed by atoms with Crippen molar-refractivity contribution < 1.29 is 26.8 Å². The summed E-state index contributed by atoms with van der Waals surface area (Å²) in [5.41, 5.74) is 0.521. The number of hydrogen-bond donors (Lipinski definition) is 1. The number of aromatic amines is 1. The Balaban J connectivity index is 1.63. The van der Waals surface area contributed by atoms with Gasteiger partial charge in [0.1, 0.15) is 11.2 Å². The molecule has 3 aromatic heterocycles. The van der Waals surface area contributed by atoms with Crippen LogP contribution >= 0.6 is 0 Å². The maximum absolute atomic E-state index is 14.1. The normalized spacial score (nSPS) is 16.8. The van der Waals surface area contributed by atoms with Crippen molar-refractivity contribution >= 4 is 17.0 Å². The van der Waals surface area contributed by atoms with Crippen LogP contribution in [0.2, 0.25) is 0 Å². The number of carbonyl (C=O) groups is 1. The number of para-hydroxylation sites is 1. The molecule has 0 unspecified atom stereocenters. The largest absolute Gasteiger partial charge is 0.505 e. The molecule has 0 aliphatic carbocycles. The highest BCUT2D eigenvalue weighted by molar-refractivity contribution is 5.93. The fourth-order valence-corrected chi connectivity index (χ4v) is 3.61. The van der Waals surface area contributed by atoms with Crippen LogP contribution in [0.1, 0.15) is 33.8 Å². The summed E-state index contributed by atoms with van der Waals surface area (Å²) in [6, 6.07) is 4.14. The number of amides is 1. The Morgan fingerprint density at radius 3 is 2.87 bits per heavy atom. The van der Waals surface area contributed by atoms with E-state index in [0.717, 1.165) is 12.3 Å². The maximum atomic E-state index is 14.1. The Kier molecular flexibility index (Phi) is 3.91. The molecular formula is C18H12F4N6O2. The van der Waals surface area contributed by atoms with Crippen molar-refractivity contribution in [3.05, 3.63) is 65.6 Å². The van der Waals surface area contributed by atoms with Crippen LogP contribution in [0.5, 0.6) is 0 Å². The monoisotopic (exact) mass is 420 g/mol. The molecule has 1 atom stereocenters. The standard InChI is InChI=1S/C18H12F4N6O2/c19-9-2-1-3-11-15(9)30-16(26-11)14-13-10(23-8-24-13)5-7-27(14)17(29)12-4-6-25-28(12)18(20,21)22/h1-4,6,8,14H,5,7H2,(H,23,24)/t14-/m0/s1. The molecular weight excluding hydrogens is 408 g/mol. The summed E-state index contributed by atoms with van der Waals surface area (Å²) in [4.78, 5) is 25.7. The molecule has 12 heteroatoms. The van der Waals surface area contributed by atoms with Gasteiger partial charge in [0.15, 0.2) is 17.4 Å². The number of oxazole rings is 1. The number of halogens is 4. The van der Waals surface area contributed by atoms with E-state index in [9.17, 15) is 22.4 Å². The highest BCUT2D eigenvalue weighted by Crippen LogP contribution is 2.36. The number of nitrogens with one attached hydrogen (secondary N) is 1. The number of nitrogens with zero attached hydrogens (tertiary/aromatic N) is 5. The van der Waals surface area contributed by atoms with E-state index in [-0.39, 0.29) is 28.2 Å². The lowest BCUT2D eigenvalue weighted by molar-refractivity contribution is -0.213. The van der Waals surface area contributed by atoms with Crippen LogP contribution in [-0.4, -0.2) is 42.1 Å². The van der Waals surface area contributed by atoms with Crippen molar-refractivity contribution in [2.45, 2.75) is 18.8 Å². The Bertz CT molecular complexity index is 1260. The highest BCUT2D eigenvalue weighted by Gasteiger charge is 2.42. The summed E-state index contributed by atoms with van der Waals surface area (Å²) in [6.07, 6.45) is -2.21. The van der Waals surface area contributed by atoms with Crippen molar-refractivity contribution in [2.24, 2.45) is 0 Å². The summed E-state index contributed by atoms with van der Waals surface area (Å²) in [6.45, 7) is 0.0724. The first-order chi connectivity index (χ1) is 14.3. The molecule has 1 N–H and O–H groups in total. The molecule has 0 saturated heterocycles. The number of H-pyrrole nitrogens is 1. The minimum absolute atomic E-state index is 0.0467. The van der Waals surface area contributed by atoms with Crippen molar-refractivity contribution in [3.8, 4) is 0 Å². The predicted molar refractivity (Wildman–Crippen MR) is 92.7 cm³/mol. The Morgan fingerprint density at radius 2 is 2.10 bits per heavy atom. The van der Waals surface area contributed by atoms with Gasteiger partial charge in [-0.05, 0) is 18.2 Å². The molecule has 4 heterocycles. The van der Waals surface area contributed by atoms with Gasteiger partial charge in [0.05, 0.1) is 18.2 Å². The molecule has 1 aromatic carbocycles. The summed E-state index contributed by atoms with van der Waals surface area (Å²) in [7, 11) is 0. The molecule has 5 rings (SSSR count). The van der Waals surface area contributed by atoms with Gasteiger partial charge in [-0.25, -0.2) is 14.4 Å². The smallest absolute Gasteiger partial charge is 0.435 e. The van der Waals surface area contributed by atoms with Crippen LogP contribution in [0.25, 0.3) is 11.1 Å². The summed E-state index contributed by atoms with van der Waals surface area (Å²) in [5, 5.41) is 3.22. The van der Waals surface area contributed by atoms with E-state index in [0.29, 0.717) is 17.8 Å². The van der Waals surface area contributed by atoms with Gasteiger partial charge in [-0.2, -0.15) is 9.78 Å². The zero-order valence-corrected chi connectivity index (χ0v) is 15.0. The predicted octanol–water partition coefficient (Wildman–Crippen LogP) is 3.15. The Labute approximate surface area is 165 Å². The summed E-state index contributed by atoms with van der Waals surface area (Å²) >= 11 is 0. The number of aromatic nitrogens is 5.